The summed E-state index contributed by atoms with van der Waals surface area (Å²) in [5.74, 6) is 0.878. The van der Waals surface area contributed by atoms with E-state index in [1.54, 1.807) is 12.1 Å². The number of nitriles is 1. The lowest BCUT2D eigenvalue weighted by Gasteiger charge is -2.23. The lowest BCUT2D eigenvalue weighted by atomic mass is 9.97. The van der Waals surface area contributed by atoms with Crippen LogP contribution in [0, 0.1) is 11.3 Å². The van der Waals surface area contributed by atoms with Crippen molar-refractivity contribution in [2.24, 2.45) is 4.99 Å². The Morgan fingerprint density at radius 3 is 2.38 bits per heavy atom. The van der Waals surface area contributed by atoms with Gasteiger partial charge in [-0.3, -0.25) is 14.7 Å². The summed E-state index contributed by atoms with van der Waals surface area (Å²) in [6.07, 6.45) is 3.73. The molecule has 0 unspecified atom stereocenters. The minimum atomic E-state index is -0.590. The molecular formula is C27H22ClN3O. The lowest BCUT2D eigenvalue weighted by molar-refractivity contribution is -0.131. The second-order valence-electron chi connectivity index (χ2n) is 8.43. The molecule has 5 rings (SSSR count). The highest BCUT2D eigenvalue weighted by atomic mass is 35.5. The van der Waals surface area contributed by atoms with Crippen molar-refractivity contribution in [2.75, 3.05) is 0 Å². The topological polar surface area (TPSA) is 56.5 Å². The summed E-state index contributed by atoms with van der Waals surface area (Å²) in [5.41, 5.74) is 3.71. The van der Waals surface area contributed by atoms with Crippen molar-refractivity contribution in [1.82, 2.24) is 4.90 Å². The van der Waals surface area contributed by atoms with E-state index in [1.807, 2.05) is 65.6 Å². The molecule has 32 heavy (non-hydrogen) atoms. The van der Waals surface area contributed by atoms with Crippen LogP contribution < -0.4 is 0 Å². The first kappa shape index (κ1) is 20.5. The zero-order chi connectivity index (χ0) is 22.1. The molecular weight excluding hydrogens is 418 g/mol. The highest BCUT2D eigenvalue weighted by Gasteiger charge is 2.49. The minimum Gasteiger partial charge on any atom is -0.290 e. The van der Waals surface area contributed by atoms with Gasteiger partial charge in [-0.15, -0.1) is 0 Å². The summed E-state index contributed by atoms with van der Waals surface area (Å²) in [6, 6.07) is 25.4. The Balaban J connectivity index is 1.45. The molecule has 1 aliphatic heterocycles. The van der Waals surface area contributed by atoms with Crippen LogP contribution in [0.3, 0.4) is 0 Å². The number of hydrogen-bond donors (Lipinski definition) is 0. The third kappa shape index (κ3) is 3.59. The monoisotopic (exact) mass is 439 g/mol. The van der Waals surface area contributed by atoms with E-state index in [0.717, 1.165) is 53.8 Å². The van der Waals surface area contributed by atoms with Crippen LogP contribution in [0.2, 0.25) is 5.02 Å². The molecule has 1 saturated carbocycles. The zero-order valence-electron chi connectivity index (χ0n) is 17.6. The highest BCUT2D eigenvalue weighted by Crippen LogP contribution is 2.40. The van der Waals surface area contributed by atoms with Gasteiger partial charge in [-0.25, -0.2) is 0 Å². The molecule has 1 spiro atoms. The van der Waals surface area contributed by atoms with Crippen molar-refractivity contribution in [3.05, 3.63) is 94.5 Å². The van der Waals surface area contributed by atoms with Crippen LogP contribution >= 0.6 is 11.6 Å². The van der Waals surface area contributed by atoms with E-state index < -0.39 is 5.54 Å². The Bertz CT molecular complexity index is 1240. The van der Waals surface area contributed by atoms with Gasteiger partial charge >= 0.3 is 0 Å². The number of aliphatic imine (C=N–C) groups is 1. The van der Waals surface area contributed by atoms with Gasteiger partial charge in [0, 0.05) is 16.1 Å². The first-order valence-corrected chi connectivity index (χ1v) is 11.2. The Hall–Kier alpha value is -3.42. The Morgan fingerprint density at radius 1 is 0.969 bits per heavy atom. The zero-order valence-corrected chi connectivity index (χ0v) is 18.3. The summed E-state index contributed by atoms with van der Waals surface area (Å²) in [7, 11) is 0. The summed E-state index contributed by atoms with van der Waals surface area (Å²) in [4.78, 5) is 20.3. The predicted octanol–water partition coefficient (Wildman–Crippen LogP) is 5.98. The molecule has 1 aliphatic carbocycles. The molecule has 0 saturated heterocycles. The maximum Gasteiger partial charge on any atom is 0.256 e. The number of amidine groups is 1. The van der Waals surface area contributed by atoms with Crippen LogP contribution in [0.5, 0.6) is 0 Å². The van der Waals surface area contributed by atoms with Gasteiger partial charge in [-0.2, -0.15) is 5.26 Å². The fourth-order valence-corrected chi connectivity index (χ4v) is 4.90. The summed E-state index contributed by atoms with van der Waals surface area (Å²) < 4.78 is 0. The summed E-state index contributed by atoms with van der Waals surface area (Å²) >= 11 is 6.15. The fraction of sp³-hybridized carbons (Fsp3) is 0.222. The molecule has 2 aliphatic rings. The number of amides is 1. The average Bonchev–Trinajstić information content (AvgIpc) is 3.41. The molecule has 5 heteroatoms. The van der Waals surface area contributed by atoms with E-state index in [1.165, 1.54) is 0 Å². The van der Waals surface area contributed by atoms with Crippen molar-refractivity contribution in [2.45, 2.75) is 37.8 Å². The van der Waals surface area contributed by atoms with Crippen LogP contribution in [0.15, 0.2) is 77.8 Å². The summed E-state index contributed by atoms with van der Waals surface area (Å²) in [6.45, 7) is 0.468. The molecule has 0 N–H and O–H groups in total. The number of hydrogen-bond acceptors (Lipinski definition) is 3. The third-order valence-electron chi connectivity index (χ3n) is 6.39. The Kier molecular flexibility index (Phi) is 5.28. The van der Waals surface area contributed by atoms with E-state index in [2.05, 4.69) is 6.07 Å². The molecule has 3 aromatic carbocycles. The van der Waals surface area contributed by atoms with Crippen LogP contribution in [0.1, 0.15) is 42.4 Å². The maximum absolute atomic E-state index is 13.5. The number of carbonyl (C=O) groups is 1. The van der Waals surface area contributed by atoms with E-state index >= 15 is 0 Å². The highest BCUT2D eigenvalue weighted by molar-refractivity contribution is 6.31. The smallest absolute Gasteiger partial charge is 0.256 e. The minimum absolute atomic E-state index is 0.111. The van der Waals surface area contributed by atoms with Gasteiger partial charge in [0.2, 0.25) is 0 Å². The fourth-order valence-electron chi connectivity index (χ4n) is 4.72. The normalized spacial score (nSPS) is 16.9. The number of halogens is 1. The molecule has 1 heterocycles. The first-order valence-electron chi connectivity index (χ1n) is 10.9. The van der Waals surface area contributed by atoms with Gasteiger partial charge < -0.3 is 0 Å². The first-order chi connectivity index (χ1) is 15.6. The predicted molar refractivity (Wildman–Crippen MR) is 126 cm³/mol. The number of carbonyl (C=O) groups excluding carboxylic acids is 1. The second kappa shape index (κ2) is 8.26. The van der Waals surface area contributed by atoms with Gasteiger partial charge in [-0.05, 0) is 42.2 Å². The van der Waals surface area contributed by atoms with E-state index in [-0.39, 0.29) is 5.91 Å². The second-order valence-corrected chi connectivity index (χ2v) is 8.87. The van der Waals surface area contributed by atoms with Gasteiger partial charge in [-0.1, -0.05) is 79.0 Å². The van der Waals surface area contributed by atoms with Crippen molar-refractivity contribution in [1.29, 1.82) is 5.26 Å². The van der Waals surface area contributed by atoms with Crippen LogP contribution in [0.4, 0.5) is 0 Å². The molecule has 4 nitrogen and oxygen atoms in total. The van der Waals surface area contributed by atoms with Crippen LogP contribution in [0.25, 0.3) is 11.1 Å². The molecule has 3 aromatic rings. The van der Waals surface area contributed by atoms with E-state index in [9.17, 15) is 10.1 Å². The van der Waals surface area contributed by atoms with Gasteiger partial charge in [0.25, 0.3) is 5.91 Å². The Labute approximate surface area is 192 Å². The van der Waals surface area contributed by atoms with Crippen molar-refractivity contribution >= 4 is 23.3 Å². The molecule has 158 valence electrons. The number of benzene rings is 3. The van der Waals surface area contributed by atoms with E-state index in [4.69, 9.17) is 16.6 Å². The molecule has 0 radical (unpaired) electrons. The lowest BCUT2D eigenvalue weighted by Crippen LogP contribution is -2.40. The number of rotatable bonds is 4. The SMILES string of the molecule is N#Cc1ccc(Cl)cc1-c1ccc(CN2C(=O)C3(CCCC3)N=C2c2ccccc2)cc1. The average molecular weight is 440 g/mol. The maximum atomic E-state index is 13.5. The molecule has 1 amide bonds. The van der Waals surface area contributed by atoms with Gasteiger partial charge in [0.05, 0.1) is 18.2 Å². The van der Waals surface area contributed by atoms with Crippen molar-refractivity contribution in [3.8, 4) is 17.2 Å². The Morgan fingerprint density at radius 2 is 1.69 bits per heavy atom. The quantitative estimate of drug-likeness (QED) is 0.502. The van der Waals surface area contributed by atoms with E-state index in [0.29, 0.717) is 17.1 Å². The molecule has 1 fully saturated rings. The molecule has 0 bridgehead atoms. The van der Waals surface area contributed by atoms with Crippen LogP contribution in [-0.2, 0) is 11.3 Å². The summed E-state index contributed by atoms with van der Waals surface area (Å²) in [5, 5.41) is 10.0. The molecule has 0 aromatic heterocycles. The molecule has 0 atom stereocenters. The van der Waals surface area contributed by atoms with Crippen molar-refractivity contribution in [3.63, 3.8) is 0 Å². The van der Waals surface area contributed by atoms with Gasteiger partial charge in [0.1, 0.15) is 11.4 Å². The van der Waals surface area contributed by atoms with Gasteiger partial charge in [0.15, 0.2) is 0 Å². The third-order valence-corrected chi connectivity index (χ3v) is 6.62. The number of nitrogens with zero attached hydrogens (tertiary/aromatic N) is 3. The largest absolute Gasteiger partial charge is 0.290 e. The van der Waals surface area contributed by atoms with Crippen LogP contribution in [-0.4, -0.2) is 22.2 Å². The standard InChI is InChI=1S/C27H22ClN3O/c28-23-13-12-22(17-29)24(16-23)20-10-8-19(9-11-20)18-31-25(21-6-2-1-3-7-21)30-27(26(31)32)14-4-5-15-27/h1-3,6-13,16H,4-5,14-15,18H2. The van der Waals surface area contributed by atoms with Crippen molar-refractivity contribution < 1.29 is 4.79 Å².